The molecule has 1 aromatic carbocycles. The van der Waals surface area contributed by atoms with E-state index in [0.717, 1.165) is 12.0 Å². The summed E-state index contributed by atoms with van der Waals surface area (Å²) in [5.41, 5.74) is 1.09. The molecule has 0 aliphatic heterocycles. The Labute approximate surface area is 89.0 Å². The minimum absolute atomic E-state index is 0.413. The SMILES string of the molecule is CNC(C)Cc1cccc(Cl)c1Cl. The van der Waals surface area contributed by atoms with E-state index in [2.05, 4.69) is 12.2 Å². The quantitative estimate of drug-likeness (QED) is 0.821. The van der Waals surface area contributed by atoms with Crippen LogP contribution in [-0.4, -0.2) is 13.1 Å². The summed E-state index contributed by atoms with van der Waals surface area (Å²) in [5, 5.41) is 4.46. The van der Waals surface area contributed by atoms with Crippen LogP contribution in [0.2, 0.25) is 10.0 Å². The van der Waals surface area contributed by atoms with Crippen molar-refractivity contribution >= 4 is 23.2 Å². The van der Waals surface area contributed by atoms with E-state index in [0.29, 0.717) is 16.1 Å². The van der Waals surface area contributed by atoms with Crippen LogP contribution < -0.4 is 5.32 Å². The molecule has 1 unspecified atom stereocenters. The van der Waals surface area contributed by atoms with E-state index in [1.165, 1.54) is 0 Å². The van der Waals surface area contributed by atoms with Gasteiger partial charge in [-0.15, -0.1) is 0 Å². The van der Waals surface area contributed by atoms with Gasteiger partial charge in [0.2, 0.25) is 0 Å². The predicted molar refractivity (Wildman–Crippen MR) is 58.7 cm³/mol. The van der Waals surface area contributed by atoms with E-state index in [4.69, 9.17) is 23.2 Å². The lowest BCUT2D eigenvalue weighted by atomic mass is 10.1. The van der Waals surface area contributed by atoms with Gasteiger partial charge >= 0.3 is 0 Å². The molecule has 0 aromatic heterocycles. The molecular formula is C10H13Cl2N. The fourth-order valence-electron chi connectivity index (χ4n) is 1.14. The molecule has 0 radical (unpaired) electrons. The topological polar surface area (TPSA) is 12.0 Å². The Morgan fingerprint density at radius 2 is 2.08 bits per heavy atom. The van der Waals surface area contributed by atoms with Gasteiger partial charge in [-0.25, -0.2) is 0 Å². The van der Waals surface area contributed by atoms with Crippen LogP contribution in [0.25, 0.3) is 0 Å². The summed E-state index contributed by atoms with van der Waals surface area (Å²) in [6.07, 6.45) is 0.899. The second kappa shape index (κ2) is 4.85. The summed E-state index contributed by atoms with van der Waals surface area (Å²) >= 11 is 11.9. The summed E-state index contributed by atoms with van der Waals surface area (Å²) < 4.78 is 0. The van der Waals surface area contributed by atoms with Crippen LogP contribution in [0.5, 0.6) is 0 Å². The van der Waals surface area contributed by atoms with Crippen molar-refractivity contribution < 1.29 is 0 Å². The van der Waals surface area contributed by atoms with Gasteiger partial charge in [-0.05, 0) is 32.0 Å². The molecule has 0 saturated carbocycles. The minimum atomic E-state index is 0.413. The third-order valence-corrected chi connectivity index (χ3v) is 2.91. The third-order valence-electron chi connectivity index (χ3n) is 2.05. The number of rotatable bonds is 3. The molecule has 0 saturated heterocycles. The predicted octanol–water partition coefficient (Wildman–Crippen LogP) is 3.14. The Hall–Kier alpha value is -0.240. The van der Waals surface area contributed by atoms with Gasteiger partial charge in [-0.3, -0.25) is 0 Å². The van der Waals surface area contributed by atoms with Crippen LogP contribution in [-0.2, 0) is 6.42 Å². The van der Waals surface area contributed by atoms with Crippen LogP contribution in [0, 0.1) is 0 Å². The van der Waals surface area contributed by atoms with Crippen LogP contribution in [0.1, 0.15) is 12.5 Å². The number of likely N-dealkylation sites (N-methyl/N-ethyl adjacent to an activating group) is 1. The molecule has 0 bridgehead atoms. The zero-order valence-corrected chi connectivity index (χ0v) is 9.28. The molecule has 1 rings (SSSR count). The first-order valence-electron chi connectivity index (χ1n) is 4.25. The zero-order chi connectivity index (χ0) is 9.84. The van der Waals surface area contributed by atoms with Gasteiger partial charge in [0.25, 0.3) is 0 Å². The number of nitrogens with one attached hydrogen (secondary N) is 1. The molecule has 0 amide bonds. The van der Waals surface area contributed by atoms with Crippen molar-refractivity contribution in [2.24, 2.45) is 0 Å². The van der Waals surface area contributed by atoms with Crippen LogP contribution in [0.3, 0.4) is 0 Å². The lowest BCUT2D eigenvalue weighted by Gasteiger charge is -2.11. The molecule has 0 spiro atoms. The molecular weight excluding hydrogens is 205 g/mol. The first kappa shape index (κ1) is 10.8. The highest BCUT2D eigenvalue weighted by atomic mass is 35.5. The van der Waals surface area contributed by atoms with E-state index in [1.807, 2.05) is 19.2 Å². The van der Waals surface area contributed by atoms with Crippen molar-refractivity contribution in [1.29, 1.82) is 0 Å². The third kappa shape index (κ3) is 2.87. The molecule has 0 heterocycles. The van der Waals surface area contributed by atoms with Crippen molar-refractivity contribution in [3.05, 3.63) is 33.8 Å². The molecule has 1 N–H and O–H groups in total. The smallest absolute Gasteiger partial charge is 0.0624 e. The van der Waals surface area contributed by atoms with Crippen molar-refractivity contribution in [3.8, 4) is 0 Å². The Kier molecular flexibility index (Phi) is 4.04. The first-order chi connectivity index (χ1) is 6.15. The molecule has 3 heteroatoms. The lowest BCUT2D eigenvalue weighted by molar-refractivity contribution is 0.608. The van der Waals surface area contributed by atoms with Crippen LogP contribution in [0.15, 0.2) is 18.2 Å². The minimum Gasteiger partial charge on any atom is -0.317 e. The van der Waals surface area contributed by atoms with Crippen molar-refractivity contribution in [1.82, 2.24) is 5.32 Å². The standard InChI is InChI=1S/C10H13Cl2N/c1-7(13-2)6-8-4-3-5-9(11)10(8)12/h3-5,7,13H,6H2,1-2H3. The highest BCUT2D eigenvalue weighted by molar-refractivity contribution is 6.42. The Morgan fingerprint density at radius 3 is 2.69 bits per heavy atom. The molecule has 1 atom stereocenters. The number of hydrogen-bond acceptors (Lipinski definition) is 1. The average molecular weight is 218 g/mol. The largest absolute Gasteiger partial charge is 0.317 e. The summed E-state index contributed by atoms with van der Waals surface area (Å²) in [5.74, 6) is 0. The second-order valence-corrected chi connectivity index (χ2v) is 3.89. The molecule has 0 fully saturated rings. The van der Waals surface area contributed by atoms with Crippen LogP contribution >= 0.6 is 23.2 Å². The summed E-state index contributed by atoms with van der Waals surface area (Å²) in [7, 11) is 1.93. The van der Waals surface area contributed by atoms with Gasteiger partial charge in [0.1, 0.15) is 0 Å². The Morgan fingerprint density at radius 1 is 1.38 bits per heavy atom. The van der Waals surface area contributed by atoms with Gasteiger partial charge in [-0.2, -0.15) is 0 Å². The fraction of sp³-hybridized carbons (Fsp3) is 0.400. The highest BCUT2D eigenvalue weighted by Gasteiger charge is 2.06. The van der Waals surface area contributed by atoms with Gasteiger partial charge in [0, 0.05) is 6.04 Å². The number of benzene rings is 1. The summed E-state index contributed by atoms with van der Waals surface area (Å²) in [4.78, 5) is 0. The van der Waals surface area contributed by atoms with Crippen molar-refractivity contribution in [3.63, 3.8) is 0 Å². The van der Waals surface area contributed by atoms with E-state index >= 15 is 0 Å². The summed E-state index contributed by atoms with van der Waals surface area (Å²) in [6.45, 7) is 2.11. The normalized spacial score (nSPS) is 12.9. The Balaban J connectivity index is 2.83. The van der Waals surface area contributed by atoms with E-state index < -0.39 is 0 Å². The van der Waals surface area contributed by atoms with E-state index in [9.17, 15) is 0 Å². The molecule has 13 heavy (non-hydrogen) atoms. The maximum Gasteiger partial charge on any atom is 0.0624 e. The summed E-state index contributed by atoms with van der Waals surface area (Å²) in [6, 6.07) is 6.14. The van der Waals surface area contributed by atoms with Gasteiger partial charge in [0.05, 0.1) is 10.0 Å². The highest BCUT2D eigenvalue weighted by Crippen LogP contribution is 2.26. The number of halogens is 2. The van der Waals surface area contributed by atoms with Gasteiger partial charge < -0.3 is 5.32 Å². The Bertz CT molecular complexity index is 286. The molecule has 0 aliphatic carbocycles. The van der Waals surface area contributed by atoms with Crippen molar-refractivity contribution in [2.45, 2.75) is 19.4 Å². The number of hydrogen-bond donors (Lipinski definition) is 1. The fourth-order valence-corrected chi connectivity index (χ4v) is 1.54. The average Bonchev–Trinajstić information content (AvgIpc) is 2.13. The maximum absolute atomic E-state index is 6.03. The zero-order valence-electron chi connectivity index (χ0n) is 7.77. The maximum atomic E-state index is 6.03. The molecule has 1 nitrogen and oxygen atoms in total. The molecule has 1 aromatic rings. The monoisotopic (exact) mass is 217 g/mol. The second-order valence-electron chi connectivity index (χ2n) is 3.11. The van der Waals surface area contributed by atoms with Gasteiger partial charge in [0.15, 0.2) is 0 Å². The van der Waals surface area contributed by atoms with Crippen LogP contribution in [0.4, 0.5) is 0 Å². The first-order valence-corrected chi connectivity index (χ1v) is 5.01. The lowest BCUT2D eigenvalue weighted by Crippen LogP contribution is -2.23. The molecule has 72 valence electrons. The van der Waals surface area contributed by atoms with E-state index in [1.54, 1.807) is 6.07 Å². The van der Waals surface area contributed by atoms with Gasteiger partial charge in [-0.1, -0.05) is 35.3 Å². The molecule has 0 aliphatic rings. The van der Waals surface area contributed by atoms with E-state index in [-0.39, 0.29) is 0 Å². The van der Waals surface area contributed by atoms with Crippen molar-refractivity contribution in [2.75, 3.05) is 7.05 Å².